The van der Waals surface area contributed by atoms with E-state index >= 15 is 4.39 Å². The number of nitrogens with one attached hydrogen (secondary N) is 3. The Balaban J connectivity index is 1.77. The Morgan fingerprint density at radius 1 is 1.47 bits per heavy atom. The molecule has 0 aliphatic carbocycles. The van der Waals surface area contributed by atoms with Crippen LogP contribution in [-0.4, -0.2) is 47.7 Å². The Morgan fingerprint density at radius 3 is 2.88 bits per heavy atom. The van der Waals surface area contributed by atoms with E-state index in [-0.39, 0.29) is 24.0 Å². The van der Waals surface area contributed by atoms with Crippen LogP contribution >= 0.6 is 0 Å². The fourth-order valence-electron chi connectivity index (χ4n) is 4.39. The minimum atomic E-state index is -1.80. The van der Waals surface area contributed by atoms with Crippen LogP contribution in [-0.2, 0) is 16.9 Å². The first-order valence-corrected chi connectivity index (χ1v) is 11.6. The zero-order valence-electron chi connectivity index (χ0n) is 20.1. The minimum absolute atomic E-state index is 0.0338. The summed E-state index contributed by atoms with van der Waals surface area (Å²) in [4.78, 5) is 24.9. The second-order valence-corrected chi connectivity index (χ2v) is 9.62. The molecule has 0 spiro atoms. The number of alkyl halides is 1. The molecule has 2 aliphatic rings. The molecule has 0 amide bonds. The molecule has 3 heterocycles. The highest BCUT2D eigenvalue weighted by molar-refractivity contribution is 5.87. The lowest BCUT2D eigenvalue weighted by atomic mass is 9.94. The molecule has 0 bridgehead atoms. The van der Waals surface area contributed by atoms with E-state index in [1.807, 2.05) is 20.0 Å². The van der Waals surface area contributed by atoms with Gasteiger partial charge in [-0.15, -0.1) is 0 Å². The maximum absolute atomic E-state index is 15.4. The van der Waals surface area contributed by atoms with Crippen LogP contribution in [0.15, 0.2) is 35.5 Å². The number of nitrogens with zero attached hydrogens (tertiary/aromatic N) is 1. The second kappa shape index (κ2) is 10.7. The number of hydrogen-bond acceptors (Lipinski definition) is 7. The number of hydrogen-bond donors (Lipinski definition) is 5. The van der Waals surface area contributed by atoms with Crippen LogP contribution in [0, 0.1) is 5.92 Å². The maximum atomic E-state index is 15.4. The van der Waals surface area contributed by atoms with E-state index in [1.54, 1.807) is 4.57 Å². The molecule has 10 heteroatoms. The molecule has 9 nitrogen and oxygen atoms in total. The highest BCUT2D eigenvalue weighted by Gasteiger charge is 2.34. The van der Waals surface area contributed by atoms with Gasteiger partial charge in [0.15, 0.2) is 6.17 Å². The molecule has 0 saturated carbocycles. The summed E-state index contributed by atoms with van der Waals surface area (Å²) in [6.07, 6.45) is 5.20. The maximum Gasteiger partial charge on any atom is 0.341 e. The number of nitrogens with two attached hydrogens (primary N) is 1. The van der Waals surface area contributed by atoms with Gasteiger partial charge in [-0.05, 0) is 38.8 Å². The number of aromatic nitrogens is 1. The Bertz CT molecular complexity index is 1010. The summed E-state index contributed by atoms with van der Waals surface area (Å²) < 4.78 is 22.8. The lowest BCUT2D eigenvalue weighted by molar-refractivity contribution is 0.0693. The van der Waals surface area contributed by atoms with Crippen molar-refractivity contribution < 1.29 is 19.0 Å². The third-order valence-corrected chi connectivity index (χ3v) is 6.62. The van der Waals surface area contributed by atoms with E-state index in [2.05, 4.69) is 35.5 Å². The standard InChI is InChI=1S/C24H36FN5O4/c1-14-6-5-8-28-22(14)29-10-9-27-15(2)19(25)20(26)18-17-13-34-11-7-24(3,4)30(17)12-16(21(18)31)23(32)33/h5,8,12,14,19-20,22,27-29H,2,6-7,9-11,13,26H2,1,3-4H3,(H,32,33)/t14-,19-,20?,22+/m1/s1. The molecular weight excluding hydrogens is 441 g/mol. The van der Waals surface area contributed by atoms with Gasteiger partial charge in [-0.2, -0.15) is 0 Å². The molecule has 6 N–H and O–H groups in total. The van der Waals surface area contributed by atoms with Gasteiger partial charge >= 0.3 is 5.97 Å². The third kappa shape index (κ3) is 5.51. The Hall–Kier alpha value is -2.69. The van der Waals surface area contributed by atoms with Gasteiger partial charge in [-0.25, -0.2) is 9.18 Å². The fourth-order valence-corrected chi connectivity index (χ4v) is 4.39. The molecule has 0 radical (unpaired) electrons. The number of carboxylic acid groups (broad SMARTS) is 1. The smallest absolute Gasteiger partial charge is 0.341 e. The molecule has 1 aromatic heterocycles. The normalized spacial score (nSPS) is 23.2. The first-order chi connectivity index (χ1) is 16.0. The van der Waals surface area contributed by atoms with E-state index in [0.29, 0.717) is 37.7 Å². The predicted octanol–water partition coefficient (Wildman–Crippen LogP) is 1.70. The number of ether oxygens (including phenoxy) is 1. The molecule has 0 aromatic carbocycles. The first kappa shape index (κ1) is 25.9. The molecule has 4 atom stereocenters. The highest BCUT2D eigenvalue weighted by Crippen LogP contribution is 2.30. The second-order valence-electron chi connectivity index (χ2n) is 9.62. The van der Waals surface area contributed by atoms with Crippen LogP contribution in [0.2, 0.25) is 0 Å². The van der Waals surface area contributed by atoms with Gasteiger partial charge in [0.05, 0.1) is 24.5 Å². The lowest BCUT2D eigenvalue weighted by Crippen LogP contribution is -2.48. The topological polar surface area (TPSA) is 131 Å². The van der Waals surface area contributed by atoms with Crippen LogP contribution < -0.4 is 27.1 Å². The summed E-state index contributed by atoms with van der Waals surface area (Å²) in [5.74, 6) is -0.958. The SMILES string of the molecule is C=C(NCCN[C@@H]1NC=CC[C@H]1C)[C@@H](F)C(N)c1c2n(cc(C(=O)O)c1=O)C(C)(C)CCOC2. The molecule has 3 rings (SSSR count). The van der Waals surface area contributed by atoms with Gasteiger partial charge in [0.2, 0.25) is 5.43 Å². The monoisotopic (exact) mass is 477 g/mol. The van der Waals surface area contributed by atoms with Crippen molar-refractivity contribution in [3.63, 3.8) is 0 Å². The van der Waals surface area contributed by atoms with Crippen molar-refractivity contribution in [1.29, 1.82) is 0 Å². The van der Waals surface area contributed by atoms with Crippen molar-refractivity contribution in [3.05, 3.63) is 57.8 Å². The molecule has 2 aliphatic heterocycles. The highest BCUT2D eigenvalue weighted by atomic mass is 19.1. The molecule has 1 aromatic rings. The van der Waals surface area contributed by atoms with Crippen molar-refractivity contribution in [3.8, 4) is 0 Å². The third-order valence-electron chi connectivity index (χ3n) is 6.62. The number of aromatic carboxylic acids is 1. The molecule has 0 fully saturated rings. The number of rotatable bonds is 9. The van der Waals surface area contributed by atoms with E-state index < -0.39 is 34.7 Å². The lowest BCUT2D eigenvalue weighted by Gasteiger charge is -2.31. The van der Waals surface area contributed by atoms with Gasteiger partial charge in [0.1, 0.15) is 5.56 Å². The van der Waals surface area contributed by atoms with Crippen LogP contribution in [0.1, 0.15) is 61.3 Å². The zero-order valence-corrected chi connectivity index (χ0v) is 20.1. The summed E-state index contributed by atoms with van der Waals surface area (Å²) in [6.45, 7) is 11.2. The van der Waals surface area contributed by atoms with Gasteiger partial charge in [-0.3, -0.25) is 10.1 Å². The van der Waals surface area contributed by atoms with Crippen molar-refractivity contribution in [2.24, 2.45) is 11.7 Å². The Labute approximate surface area is 199 Å². The molecular formula is C24H36FN5O4. The summed E-state index contributed by atoms with van der Waals surface area (Å²) in [5.41, 5.74) is 4.81. The van der Waals surface area contributed by atoms with E-state index in [0.717, 1.165) is 6.42 Å². The number of allylic oxidation sites excluding steroid dienone is 1. The Morgan fingerprint density at radius 2 is 2.21 bits per heavy atom. The number of carbonyl (C=O) groups is 1. The van der Waals surface area contributed by atoms with Crippen molar-refractivity contribution in [2.45, 2.75) is 64.1 Å². The minimum Gasteiger partial charge on any atom is -0.477 e. The van der Waals surface area contributed by atoms with E-state index in [4.69, 9.17) is 10.5 Å². The summed E-state index contributed by atoms with van der Waals surface area (Å²) in [7, 11) is 0. The molecule has 1 unspecified atom stereocenters. The summed E-state index contributed by atoms with van der Waals surface area (Å²) in [5, 5.41) is 19.2. The van der Waals surface area contributed by atoms with E-state index in [1.165, 1.54) is 6.20 Å². The first-order valence-electron chi connectivity index (χ1n) is 11.6. The number of pyridine rings is 1. The predicted molar refractivity (Wildman–Crippen MR) is 128 cm³/mol. The quantitative estimate of drug-likeness (QED) is 0.340. The van der Waals surface area contributed by atoms with Crippen LogP contribution in [0.3, 0.4) is 0 Å². The van der Waals surface area contributed by atoms with Crippen LogP contribution in [0.4, 0.5) is 4.39 Å². The fraction of sp³-hybridized carbons (Fsp3) is 0.583. The van der Waals surface area contributed by atoms with Crippen molar-refractivity contribution in [2.75, 3.05) is 19.7 Å². The number of carboxylic acids is 1. The molecule has 34 heavy (non-hydrogen) atoms. The molecule has 188 valence electrons. The number of halogens is 1. The number of fused-ring (bicyclic) bond motifs is 1. The van der Waals surface area contributed by atoms with Crippen molar-refractivity contribution in [1.82, 2.24) is 20.5 Å². The summed E-state index contributed by atoms with van der Waals surface area (Å²) in [6, 6.07) is -1.40. The van der Waals surface area contributed by atoms with Gasteiger partial charge in [0.25, 0.3) is 0 Å². The van der Waals surface area contributed by atoms with Gasteiger partial charge in [-0.1, -0.05) is 19.6 Å². The molecule has 0 saturated heterocycles. The van der Waals surface area contributed by atoms with Crippen molar-refractivity contribution >= 4 is 5.97 Å². The average molecular weight is 478 g/mol. The van der Waals surface area contributed by atoms with Gasteiger partial charge < -0.3 is 30.8 Å². The zero-order chi connectivity index (χ0) is 25.0. The largest absolute Gasteiger partial charge is 0.477 e. The summed E-state index contributed by atoms with van der Waals surface area (Å²) >= 11 is 0. The Kier molecular flexibility index (Phi) is 8.17. The van der Waals surface area contributed by atoms with E-state index in [9.17, 15) is 14.7 Å². The average Bonchev–Trinajstić information content (AvgIpc) is 2.93. The van der Waals surface area contributed by atoms with Crippen LogP contribution in [0.5, 0.6) is 0 Å². The van der Waals surface area contributed by atoms with Gasteiger partial charge in [0, 0.05) is 42.7 Å². The van der Waals surface area contributed by atoms with Crippen LogP contribution in [0.25, 0.3) is 0 Å².